The van der Waals surface area contributed by atoms with Crippen LogP contribution in [0.4, 0.5) is 101 Å². The maximum atomic E-state index is 14.0. The number of alkyl halides is 23. The van der Waals surface area contributed by atoms with Crippen molar-refractivity contribution in [1.29, 1.82) is 0 Å². The zero-order chi connectivity index (χ0) is 33.2. The van der Waals surface area contributed by atoms with Crippen molar-refractivity contribution in [2.45, 2.75) is 66.5 Å². The Morgan fingerprint density at radius 1 is 0.375 bits per heavy atom. The third-order valence-corrected chi connectivity index (χ3v) is 3.67. The van der Waals surface area contributed by atoms with Crippen molar-refractivity contribution in [3.63, 3.8) is 0 Å². The second-order valence-corrected chi connectivity index (χ2v) is 6.51. The molecule has 0 saturated heterocycles. The van der Waals surface area contributed by atoms with E-state index in [9.17, 15) is 106 Å². The zero-order valence-electron chi connectivity index (χ0n) is 16.8. The third kappa shape index (κ3) is 6.01. The number of aliphatic carboxylic acids is 1. The molecule has 0 aromatic carbocycles. The molecule has 40 heavy (non-hydrogen) atoms. The van der Waals surface area contributed by atoms with Gasteiger partial charge in [0.2, 0.25) is 0 Å². The SMILES string of the molecule is O=C(O)[C@@](F)(OC(F)(F)[C@@](F)(OC(F)(F)[C@](F)(OC(F)(C(F)(F)F)C(F)(F)F)C(F)(F)F)C(F)(F)F)C(F)(F)F. The maximum Gasteiger partial charge on any atom is 0.460 e. The fourth-order valence-corrected chi connectivity index (χ4v) is 1.74. The quantitative estimate of drug-likeness (QED) is 0.276. The number of halogens is 23. The van der Waals surface area contributed by atoms with Crippen LogP contribution >= 0.6 is 0 Å². The van der Waals surface area contributed by atoms with Crippen molar-refractivity contribution >= 4 is 5.97 Å². The minimum atomic E-state index is -8.84. The molecule has 5 nitrogen and oxygen atoms in total. The molecule has 240 valence electrons. The molecule has 0 aliphatic heterocycles. The van der Waals surface area contributed by atoms with Gasteiger partial charge in [0.1, 0.15) is 0 Å². The minimum absolute atomic E-state index is 0.997. The van der Waals surface area contributed by atoms with E-state index in [1.54, 1.807) is 0 Å². The molecule has 0 amide bonds. The Balaban J connectivity index is 7.38. The zero-order valence-corrected chi connectivity index (χ0v) is 16.8. The van der Waals surface area contributed by atoms with Crippen LogP contribution in [0.1, 0.15) is 0 Å². The van der Waals surface area contributed by atoms with Crippen molar-refractivity contribution in [2.75, 3.05) is 0 Å². The Hall–Kier alpha value is -2.26. The lowest BCUT2D eigenvalue weighted by Crippen LogP contribution is -2.71. The molecule has 0 bridgehead atoms. The summed E-state index contributed by atoms with van der Waals surface area (Å²) in [6.45, 7) is 0. The Kier molecular flexibility index (Phi) is 9.10. The van der Waals surface area contributed by atoms with Gasteiger partial charge in [-0.15, -0.1) is 0 Å². The molecular formula is C12HF23O5. The molecule has 0 radical (unpaired) electrons. The van der Waals surface area contributed by atoms with Crippen molar-refractivity contribution in [3.8, 4) is 0 Å². The van der Waals surface area contributed by atoms with Crippen molar-refractivity contribution in [1.82, 2.24) is 0 Å². The molecule has 0 aromatic heterocycles. The van der Waals surface area contributed by atoms with Crippen LogP contribution in [-0.2, 0) is 19.0 Å². The molecular weight excluding hydrogens is 661 g/mol. The Bertz CT molecular complexity index is 913. The van der Waals surface area contributed by atoms with E-state index >= 15 is 0 Å². The predicted octanol–water partition coefficient (Wildman–Crippen LogP) is 6.78. The lowest BCUT2D eigenvalue weighted by atomic mass is 10.2. The van der Waals surface area contributed by atoms with Crippen molar-refractivity contribution in [3.05, 3.63) is 0 Å². The molecule has 0 spiro atoms. The average molecular weight is 662 g/mol. The lowest BCUT2D eigenvalue weighted by Gasteiger charge is -2.43. The molecule has 3 atom stereocenters. The summed E-state index contributed by atoms with van der Waals surface area (Å²) in [5, 5.41) is 7.92. The van der Waals surface area contributed by atoms with Crippen molar-refractivity contribution in [2.24, 2.45) is 0 Å². The normalized spacial score (nSPS) is 20.0. The highest BCUT2D eigenvalue weighted by molar-refractivity contribution is 5.76. The number of ether oxygens (including phenoxy) is 3. The maximum absolute atomic E-state index is 14.0. The summed E-state index contributed by atoms with van der Waals surface area (Å²) < 4.78 is 301. The molecule has 0 fully saturated rings. The van der Waals surface area contributed by atoms with E-state index in [1.165, 1.54) is 4.74 Å². The smallest absolute Gasteiger partial charge is 0.460 e. The van der Waals surface area contributed by atoms with Gasteiger partial charge in [0.15, 0.2) is 0 Å². The fraction of sp³-hybridized carbons (Fsp3) is 0.917. The first-order chi connectivity index (χ1) is 16.8. The molecule has 0 aliphatic rings. The van der Waals surface area contributed by atoms with Crippen LogP contribution in [0.25, 0.3) is 0 Å². The monoisotopic (exact) mass is 662 g/mol. The van der Waals surface area contributed by atoms with Crippen LogP contribution in [0, 0.1) is 0 Å². The summed E-state index contributed by atoms with van der Waals surface area (Å²) in [7, 11) is 0. The van der Waals surface area contributed by atoms with E-state index in [2.05, 4.69) is 0 Å². The molecule has 0 rings (SSSR count). The first kappa shape index (κ1) is 37.7. The second-order valence-electron chi connectivity index (χ2n) is 6.51. The number of rotatable bonds is 9. The largest absolute Gasteiger partial charge is 0.477 e. The van der Waals surface area contributed by atoms with Crippen LogP contribution < -0.4 is 0 Å². The van der Waals surface area contributed by atoms with Gasteiger partial charge in [0.05, 0.1) is 0 Å². The molecule has 0 aromatic rings. The number of hydrogen-bond acceptors (Lipinski definition) is 4. The van der Waals surface area contributed by atoms with E-state index < -0.39 is 72.5 Å². The standard InChI is InChI=1S/C12HF23O5/c13-2(1(36)37,6(17,18)19)38-11(32,33)5(16,10(29,30)31)40-12(34,35)4(15,9(26,27)28)39-3(14,7(20,21)22)8(23,24)25/h(H,36,37)/t2-,4-,5+/m1/s1. The topological polar surface area (TPSA) is 65.0 Å². The predicted molar refractivity (Wildman–Crippen MR) is 66.4 cm³/mol. The first-order valence-electron chi connectivity index (χ1n) is 8.00. The van der Waals surface area contributed by atoms with Crippen LogP contribution in [-0.4, -0.2) is 77.6 Å². The Morgan fingerprint density at radius 3 is 0.850 bits per heavy atom. The highest BCUT2D eigenvalue weighted by Gasteiger charge is 2.89. The molecule has 28 heteroatoms. The van der Waals surface area contributed by atoms with Gasteiger partial charge in [0, 0.05) is 0 Å². The molecule has 0 aliphatic carbocycles. The molecule has 0 saturated carbocycles. The number of carboxylic acid groups (broad SMARTS) is 1. The van der Waals surface area contributed by atoms with Crippen molar-refractivity contribution < 1.29 is 125 Å². The summed E-state index contributed by atoms with van der Waals surface area (Å²) in [5.41, 5.74) is 0. The van der Waals surface area contributed by atoms with Gasteiger partial charge in [-0.2, -0.15) is 101 Å². The van der Waals surface area contributed by atoms with Crippen LogP contribution in [0.3, 0.4) is 0 Å². The molecule has 0 unspecified atom stereocenters. The Morgan fingerprint density at radius 2 is 0.625 bits per heavy atom. The molecule has 0 heterocycles. The van der Waals surface area contributed by atoms with Gasteiger partial charge in [0.25, 0.3) is 0 Å². The van der Waals surface area contributed by atoms with Gasteiger partial charge in [-0.05, 0) is 0 Å². The van der Waals surface area contributed by atoms with Gasteiger partial charge in [-0.1, -0.05) is 0 Å². The fourth-order valence-electron chi connectivity index (χ4n) is 1.74. The van der Waals surface area contributed by atoms with Gasteiger partial charge >= 0.3 is 72.5 Å². The summed E-state index contributed by atoms with van der Waals surface area (Å²) in [5.74, 6) is -37.8. The highest BCUT2D eigenvalue weighted by Crippen LogP contribution is 2.59. The third-order valence-electron chi connectivity index (χ3n) is 3.67. The van der Waals surface area contributed by atoms with E-state index in [0.29, 0.717) is 0 Å². The van der Waals surface area contributed by atoms with Gasteiger partial charge in [-0.25, -0.2) is 4.79 Å². The van der Waals surface area contributed by atoms with E-state index in [4.69, 9.17) is 5.11 Å². The van der Waals surface area contributed by atoms with Gasteiger partial charge in [-0.3, -0.25) is 14.2 Å². The summed E-state index contributed by atoms with van der Waals surface area (Å²) in [6.07, 6.45) is -58.1. The van der Waals surface area contributed by atoms with Crippen LogP contribution in [0.5, 0.6) is 0 Å². The Labute approximate surface area is 199 Å². The van der Waals surface area contributed by atoms with Crippen LogP contribution in [0.15, 0.2) is 0 Å². The average Bonchev–Trinajstić information content (AvgIpc) is 2.61. The summed E-state index contributed by atoms with van der Waals surface area (Å²) >= 11 is 0. The highest BCUT2D eigenvalue weighted by atomic mass is 19.4. The van der Waals surface area contributed by atoms with Crippen LogP contribution in [0.2, 0.25) is 0 Å². The van der Waals surface area contributed by atoms with E-state index in [1.807, 2.05) is 0 Å². The number of carbonyl (C=O) groups is 1. The number of carboxylic acids is 1. The second kappa shape index (κ2) is 9.65. The van der Waals surface area contributed by atoms with Gasteiger partial charge < -0.3 is 5.11 Å². The lowest BCUT2D eigenvalue weighted by molar-refractivity contribution is -0.579. The summed E-state index contributed by atoms with van der Waals surface area (Å²) in [6, 6.07) is 0. The first-order valence-corrected chi connectivity index (χ1v) is 8.00. The summed E-state index contributed by atoms with van der Waals surface area (Å²) in [4.78, 5) is 10.2. The van der Waals surface area contributed by atoms with E-state index in [-0.39, 0.29) is 0 Å². The minimum Gasteiger partial charge on any atom is -0.477 e. The van der Waals surface area contributed by atoms with E-state index in [0.717, 1.165) is 9.47 Å². The molecule has 1 N–H and O–H groups in total. The number of hydrogen-bond donors (Lipinski definition) is 1.